The van der Waals surface area contributed by atoms with Crippen LogP contribution in [-0.4, -0.2) is 0 Å². The highest BCUT2D eigenvalue weighted by Gasteiger charge is 1.94. The first kappa shape index (κ1) is 7.85. The summed E-state index contributed by atoms with van der Waals surface area (Å²) in [6.45, 7) is 0. The van der Waals surface area contributed by atoms with E-state index in [1.54, 1.807) is 23.7 Å². The van der Waals surface area contributed by atoms with Gasteiger partial charge in [-0.05, 0) is 18.2 Å². The molecular formula is C6H4BrClNO-. The summed E-state index contributed by atoms with van der Waals surface area (Å²) in [4.78, 5) is 0. The molecule has 0 aliphatic heterocycles. The average molecular weight is 221 g/mol. The van der Waals surface area contributed by atoms with E-state index >= 15 is 0 Å². The predicted octanol–water partition coefficient (Wildman–Crippen LogP) is 3.01. The normalized spacial score (nSPS) is 9.50. The van der Waals surface area contributed by atoms with E-state index in [2.05, 4.69) is 15.9 Å². The Kier molecular flexibility index (Phi) is 2.54. The molecule has 54 valence electrons. The van der Waals surface area contributed by atoms with Crippen LogP contribution in [-0.2, 0) is 0 Å². The SMILES string of the molecule is [O-]Nc1ccc(Br)cc1Cl. The molecule has 0 bridgehead atoms. The molecule has 10 heavy (non-hydrogen) atoms. The van der Waals surface area contributed by atoms with E-state index in [1.807, 2.05) is 0 Å². The highest BCUT2D eigenvalue weighted by atomic mass is 79.9. The number of hydrogen-bond acceptors (Lipinski definition) is 2. The third-order valence-electron chi connectivity index (χ3n) is 1.04. The molecule has 1 rings (SSSR count). The molecule has 0 aliphatic rings. The number of benzene rings is 1. The van der Waals surface area contributed by atoms with Crippen molar-refractivity contribution in [1.29, 1.82) is 0 Å². The molecule has 0 atom stereocenters. The van der Waals surface area contributed by atoms with Crippen molar-refractivity contribution in [1.82, 2.24) is 0 Å². The van der Waals surface area contributed by atoms with Crippen LogP contribution < -0.4 is 5.48 Å². The minimum atomic E-state index is 0.393. The molecular weight excluding hydrogens is 217 g/mol. The molecule has 0 spiro atoms. The van der Waals surface area contributed by atoms with Crippen LogP contribution in [0.3, 0.4) is 0 Å². The van der Waals surface area contributed by atoms with Crippen molar-refractivity contribution in [2.45, 2.75) is 0 Å². The van der Waals surface area contributed by atoms with Crippen LogP contribution in [0.2, 0.25) is 5.02 Å². The van der Waals surface area contributed by atoms with Gasteiger partial charge in [-0.2, -0.15) is 0 Å². The zero-order valence-electron chi connectivity index (χ0n) is 4.90. The molecule has 0 amide bonds. The summed E-state index contributed by atoms with van der Waals surface area (Å²) >= 11 is 8.85. The van der Waals surface area contributed by atoms with E-state index in [9.17, 15) is 5.21 Å². The van der Waals surface area contributed by atoms with Crippen LogP contribution in [0.15, 0.2) is 22.7 Å². The number of nitrogens with one attached hydrogen (secondary N) is 1. The third kappa shape index (κ3) is 1.62. The Morgan fingerprint density at radius 2 is 2.20 bits per heavy atom. The first-order valence-corrected chi connectivity index (χ1v) is 3.74. The van der Waals surface area contributed by atoms with Crippen LogP contribution in [0.4, 0.5) is 5.69 Å². The summed E-state index contributed by atoms with van der Waals surface area (Å²) in [6.07, 6.45) is 0. The van der Waals surface area contributed by atoms with Gasteiger partial charge < -0.3 is 10.7 Å². The van der Waals surface area contributed by atoms with Gasteiger partial charge >= 0.3 is 0 Å². The van der Waals surface area contributed by atoms with E-state index in [1.165, 1.54) is 0 Å². The van der Waals surface area contributed by atoms with E-state index in [-0.39, 0.29) is 0 Å². The Morgan fingerprint density at radius 1 is 1.50 bits per heavy atom. The lowest BCUT2D eigenvalue weighted by atomic mass is 10.3. The Bertz CT molecular complexity index is 241. The van der Waals surface area contributed by atoms with Crippen molar-refractivity contribution in [3.63, 3.8) is 0 Å². The van der Waals surface area contributed by atoms with Crippen molar-refractivity contribution in [2.75, 3.05) is 5.48 Å². The lowest BCUT2D eigenvalue weighted by Crippen LogP contribution is -1.84. The maximum absolute atomic E-state index is 10.1. The third-order valence-corrected chi connectivity index (χ3v) is 1.85. The van der Waals surface area contributed by atoms with Gasteiger partial charge in [0.05, 0.1) is 5.02 Å². The Labute approximate surface area is 71.9 Å². The largest absolute Gasteiger partial charge is 0.761 e. The van der Waals surface area contributed by atoms with Gasteiger partial charge in [-0.1, -0.05) is 27.5 Å². The fourth-order valence-corrected chi connectivity index (χ4v) is 1.28. The molecule has 1 aromatic rings. The zero-order valence-corrected chi connectivity index (χ0v) is 7.24. The summed E-state index contributed by atoms with van der Waals surface area (Å²) in [7, 11) is 0. The van der Waals surface area contributed by atoms with E-state index < -0.39 is 0 Å². The first-order chi connectivity index (χ1) is 4.74. The minimum absolute atomic E-state index is 0.393. The number of hydrogen-bond donors (Lipinski definition) is 1. The summed E-state index contributed by atoms with van der Waals surface area (Å²) < 4.78 is 0.858. The topological polar surface area (TPSA) is 35.1 Å². The molecule has 0 saturated heterocycles. The van der Waals surface area contributed by atoms with Crippen molar-refractivity contribution in [2.24, 2.45) is 0 Å². The average Bonchev–Trinajstić information content (AvgIpc) is 1.88. The smallest absolute Gasteiger partial charge is 0.0640 e. The Morgan fingerprint density at radius 3 is 2.70 bits per heavy atom. The quantitative estimate of drug-likeness (QED) is 0.740. The fraction of sp³-hybridized carbons (Fsp3) is 0. The van der Waals surface area contributed by atoms with Gasteiger partial charge in [0.1, 0.15) is 0 Å². The lowest BCUT2D eigenvalue weighted by Gasteiger charge is -2.10. The van der Waals surface area contributed by atoms with Crippen LogP contribution in [0.1, 0.15) is 0 Å². The molecule has 0 unspecified atom stereocenters. The van der Waals surface area contributed by atoms with Crippen molar-refractivity contribution >= 4 is 33.2 Å². The summed E-state index contributed by atoms with van der Waals surface area (Å²) in [5, 5.41) is 10.5. The maximum Gasteiger partial charge on any atom is 0.0640 e. The summed E-state index contributed by atoms with van der Waals surface area (Å²) in [5.74, 6) is 0. The standard InChI is InChI=1S/C6H4BrClNO/c7-4-1-2-6(9-10)5(8)3-4/h1-3,9H/q-1. The van der Waals surface area contributed by atoms with Gasteiger partial charge in [0.15, 0.2) is 0 Å². The molecule has 1 N–H and O–H groups in total. The molecule has 0 fully saturated rings. The van der Waals surface area contributed by atoms with Gasteiger partial charge in [0.2, 0.25) is 0 Å². The number of rotatable bonds is 1. The molecule has 1 aromatic carbocycles. The second-order valence-electron chi connectivity index (χ2n) is 1.73. The van der Waals surface area contributed by atoms with Gasteiger partial charge in [0.25, 0.3) is 0 Å². The minimum Gasteiger partial charge on any atom is -0.761 e. The second-order valence-corrected chi connectivity index (χ2v) is 3.05. The molecule has 0 radical (unpaired) electrons. The van der Waals surface area contributed by atoms with Gasteiger partial charge in [-0.15, -0.1) is 0 Å². The van der Waals surface area contributed by atoms with Crippen LogP contribution in [0.5, 0.6) is 0 Å². The highest BCUT2D eigenvalue weighted by molar-refractivity contribution is 9.10. The Hall–Kier alpha value is -0.250. The number of anilines is 1. The molecule has 4 heteroatoms. The number of halogens is 2. The first-order valence-electron chi connectivity index (χ1n) is 2.57. The van der Waals surface area contributed by atoms with E-state index in [4.69, 9.17) is 11.6 Å². The van der Waals surface area contributed by atoms with Gasteiger partial charge in [-0.3, -0.25) is 0 Å². The zero-order chi connectivity index (χ0) is 7.56. The van der Waals surface area contributed by atoms with Gasteiger partial charge in [-0.25, -0.2) is 0 Å². The maximum atomic E-state index is 10.1. The van der Waals surface area contributed by atoms with E-state index in [0.717, 1.165) is 4.47 Å². The molecule has 0 aromatic heterocycles. The molecule has 0 saturated carbocycles. The van der Waals surface area contributed by atoms with Crippen LogP contribution >= 0.6 is 27.5 Å². The fourth-order valence-electron chi connectivity index (χ4n) is 0.572. The lowest BCUT2D eigenvalue weighted by molar-refractivity contribution is 1.58. The Balaban J connectivity index is 3.07. The van der Waals surface area contributed by atoms with Crippen LogP contribution in [0, 0.1) is 5.21 Å². The van der Waals surface area contributed by atoms with Crippen LogP contribution in [0.25, 0.3) is 0 Å². The highest BCUT2D eigenvalue weighted by Crippen LogP contribution is 2.24. The van der Waals surface area contributed by atoms with Crippen molar-refractivity contribution in [3.8, 4) is 0 Å². The predicted molar refractivity (Wildman–Crippen MR) is 46.1 cm³/mol. The molecule has 0 heterocycles. The van der Waals surface area contributed by atoms with Crippen molar-refractivity contribution < 1.29 is 0 Å². The molecule has 0 aliphatic carbocycles. The second kappa shape index (κ2) is 3.23. The summed E-state index contributed by atoms with van der Waals surface area (Å²) in [6, 6.07) is 5.01. The van der Waals surface area contributed by atoms with Gasteiger partial charge in [0, 0.05) is 10.2 Å². The van der Waals surface area contributed by atoms with Crippen molar-refractivity contribution in [3.05, 3.63) is 32.9 Å². The molecule has 2 nitrogen and oxygen atoms in total. The van der Waals surface area contributed by atoms with E-state index in [0.29, 0.717) is 10.7 Å². The summed E-state index contributed by atoms with van der Waals surface area (Å²) in [5.41, 5.74) is 2.11. The monoisotopic (exact) mass is 220 g/mol.